The summed E-state index contributed by atoms with van der Waals surface area (Å²) in [5.74, 6) is -0.726. The lowest BCUT2D eigenvalue weighted by molar-refractivity contribution is -0.0682. The maximum absolute atomic E-state index is 12.8. The SMILES string of the molecule is Nc1nc(OC(F)C(F)F)c2nc(Cl)ccc2n1. The molecule has 0 saturated carbocycles. The number of anilines is 1. The van der Waals surface area contributed by atoms with Crippen LogP contribution < -0.4 is 10.5 Å². The van der Waals surface area contributed by atoms with E-state index in [-0.39, 0.29) is 22.1 Å². The Morgan fingerprint density at radius 3 is 2.56 bits per heavy atom. The van der Waals surface area contributed by atoms with Crippen LogP contribution in [-0.2, 0) is 0 Å². The van der Waals surface area contributed by atoms with Gasteiger partial charge in [0, 0.05) is 0 Å². The highest BCUT2D eigenvalue weighted by atomic mass is 35.5. The summed E-state index contributed by atoms with van der Waals surface area (Å²) in [4.78, 5) is 11.1. The molecule has 1 atom stereocenters. The minimum atomic E-state index is -3.31. The molecule has 2 rings (SSSR count). The second-order valence-corrected chi connectivity index (χ2v) is 3.58. The second-order valence-electron chi connectivity index (χ2n) is 3.19. The van der Waals surface area contributed by atoms with Crippen molar-refractivity contribution >= 4 is 28.6 Å². The normalized spacial score (nSPS) is 12.9. The van der Waals surface area contributed by atoms with Gasteiger partial charge in [0.25, 0.3) is 6.36 Å². The Labute approximate surface area is 104 Å². The lowest BCUT2D eigenvalue weighted by Crippen LogP contribution is -2.20. The largest absolute Gasteiger partial charge is 0.435 e. The third kappa shape index (κ3) is 2.53. The Morgan fingerprint density at radius 1 is 1.17 bits per heavy atom. The summed E-state index contributed by atoms with van der Waals surface area (Å²) in [7, 11) is 0. The summed E-state index contributed by atoms with van der Waals surface area (Å²) in [5, 5.41) is 0.0631. The van der Waals surface area contributed by atoms with Crippen LogP contribution in [0.25, 0.3) is 11.0 Å². The Bertz CT molecular complexity index is 583. The van der Waals surface area contributed by atoms with Gasteiger partial charge in [0.2, 0.25) is 11.8 Å². The Hall–Kier alpha value is -1.83. The molecule has 2 aromatic heterocycles. The monoisotopic (exact) mass is 278 g/mol. The van der Waals surface area contributed by atoms with E-state index in [0.717, 1.165) is 0 Å². The molecule has 0 fully saturated rings. The number of halogens is 4. The molecule has 0 aliphatic heterocycles. The van der Waals surface area contributed by atoms with E-state index in [9.17, 15) is 13.2 Å². The molecule has 2 aromatic rings. The van der Waals surface area contributed by atoms with Gasteiger partial charge in [0.15, 0.2) is 5.52 Å². The van der Waals surface area contributed by atoms with Crippen molar-refractivity contribution in [3.05, 3.63) is 17.3 Å². The van der Waals surface area contributed by atoms with Crippen LogP contribution in [0.2, 0.25) is 5.15 Å². The van der Waals surface area contributed by atoms with Crippen molar-refractivity contribution in [1.29, 1.82) is 0 Å². The number of hydrogen-bond donors (Lipinski definition) is 1. The highest BCUT2D eigenvalue weighted by Gasteiger charge is 2.23. The highest BCUT2D eigenvalue weighted by molar-refractivity contribution is 6.29. The van der Waals surface area contributed by atoms with E-state index in [1.165, 1.54) is 12.1 Å². The summed E-state index contributed by atoms with van der Waals surface area (Å²) >= 11 is 5.63. The van der Waals surface area contributed by atoms with Gasteiger partial charge in [-0.25, -0.2) is 18.7 Å². The van der Waals surface area contributed by atoms with E-state index in [0.29, 0.717) is 0 Å². The first kappa shape index (κ1) is 12.6. The first-order valence-corrected chi connectivity index (χ1v) is 5.04. The molecule has 0 aliphatic carbocycles. The lowest BCUT2D eigenvalue weighted by Gasteiger charge is -2.11. The van der Waals surface area contributed by atoms with Crippen molar-refractivity contribution in [2.75, 3.05) is 5.73 Å². The lowest BCUT2D eigenvalue weighted by atomic mass is 10.3. The topological polar surface area (TPSA) is 73.9 Å². The summed E-state index contributed by atoms with van der Waals surface area (Å²) in [6.45, 7) is 0. The Morgan fingerprint density at radius 2 is 1.89 bits per heavy atom. The van der Waals surface area contributed by atoms with Crippen LogP contribution in [0.1, 0.15) is 0 Å². The Balaban J connectivity index is 2.51. The van der Waals surface area contributed by atoms with E-state index in [2.05, 4.69) is 19.7 Å². The molecular formula is C9H6ClF3N4O. The molecule has 1 unspecified atom stereocenters. The van der Waals surface area contributed by atoms with Gasteiger partial charge in [-0.15, -0.1) is 0 Å². The van der Waals surface area contributed by atoms with E-state index in [1.54, 1.807) is 0 Å². The number of ether oxygens (including phenoxy) is 1. The van der Waals surface area contributed by atoms with Crippen molar-refractivity contribution < 1.29 is 17.9 Å². The zero-order chi connectivity index (χ0) is 13.3. The predicted octanol–water partition coefficient (Wildman–Crippen LogP) is 2.20. The van der Waals surface area contributed by atoms with Crippen molar-refractivity contribution in [1.82, 2.24) is 15.0 Å². The fraction of sp³-hybridized carbons (Fsp3) is 0.222. The molecular weight excluding hydrogens is 273 g/mol. The predicted molar refractivity (Wildman–Crippen MR) is 58.3 cm³/mol. The molecule has 0 radical (unpaired) electrons. The molecule has 0 amide bonds. The zero-order valence-electron chi connectivity index (χ0n) is 8.65. The molecule has 0 bridgehead atoms. The molecule has 96 valence electrons. The van der Waals surface area contributed by atoms with Crippen LogP contribution in [0.4, 0.5) is 19.1 Å². The number of alkyl halides is 3. The summed E-state index contributed by atoms with van der Waals surface area (Å²) in [6, 6.07) is 2.85. The van der Waals surface area contributed by atoms with E-state index >= 15 is 0 Å². The van der Waals surface area contributed by atoms with E-state index in [4.69, 9.17) is 17.3 Å². The number of fused-ring (bicyclic) bond motifs is 1. The molecule has 0 aromatic carbocycles. The summed E-state index contributed by atoms with van der Waals surface area (Å²) in [6.07, 6.45) is -6.14. The molecule has 5 nitrogen and oxygen atoms in total. The molecule has 0 saturated heterocycles. The number of pyridine rings is 1. The van der Waals surface area contributed by atoms with Crippen LogP contribution in [0.15, 0.2) is 12.1 Å². The van der Waals surface area contributed by atoms with Crippen molar-refractivity contribution in [2.24, 2.45) is 0 Å². The number of nitrogens with two attached hydrogens (primary N) is 1. The number of nitrogen functional groups attached to an aromatic ring is 1. The van der Waals surface area contributed by atoms with Crippen LogP contribution >= 0.6 is 11.6 Å². The zero-order valence-corrected chi connectivity index (χ0v) is 9.40. The maximum atomic E-state index is 12.8. The van der Waals surface area contributed by atoms with Gasteiger partial charge in [0.1, 0.15) is 5.15 Å². The van der Waals surface area contributed by atoms with Gasteiger partial charge in [0.05, 0.1) is 5.52 Å². The number of rotatable bonds is 3. The van der Waals surface area contributed by atoms with Gasteiger partial charge in [-0.2, -0.15) is 9.37 Å². The van der Waals surface area contributed by atoms with E-state index in [1.807, 2.05) is 0 Å². The van der Waals surface area contributed by atoms with Crippen LogP contribution in [-0.4, -0.2) is 27.7 Å². The first-order valence-electron chi connectivity index (χ1n) is 4.66. The van der Waals surface area contributed by atoms with Crippen LogP contribution in [0.5, 0.6) is 5.88 Å². The number of hydrogen-bond acceptors (Lipinski definition) is 5. The van der Waals surface area contributed by atoms with Gasteiger partial charge in [-0.05, 0) is 12.1 Å². The fourth-order valence-corrected chi connectivity index (χ4v) is 1.37. The van der Waals surface area contributed by atoms with Crippen molar-refractivity contribution in [3.8, 4) is 5.88 Å². The van der Waals surface area contributed by atoms with Crippen molar-refractivity contribution in [3.63, 3.8) is 0 Å². The third-order valence-electron chi connectivity index (χ3n) is 1.92. The second kappa shape index (κ2) is 4.81. The Kier molecular flexibility index (Phi) is 3.37. The fourth-order valence-electron chi connectivity index (χ4n) is 1.22. The highest BCUT2D eigenvalue weighted by Crippen LogP contribution is 2.25. The average molecular weight is 279 g/mol. The number of nitrogens with zero attached hydrogens (tertiary/aromatic N) is 3. The van der Waals surface area contributed by atoms with Gasteiger partial charge in [-0.1, -0.05) is 11.6 Å². The molecule has 0 spiro atoms. The van der Waals surface area contributed by atoms with Crippen LogP contribution in [0.3, 0.4) is 0 Å². The van der Waals surface area contributed by atoms with Crippen molar-refractivity contribution in [2.45, 2.75) is 12.8 Å². The quantitative estimate of drug-likeness (QED) is 0.871. The standard InChI is InChI=1S/C9H6ClF3N4O/c10-4-2-1-3-5(16-4)8(17-9(14)15-3)18-7(13)6(11)12/h1-2,6-7H,(H2,14,15,17). The average Bonchev–Trinajstić information content (AvgIpc) is 2.29. The number of aromatic nitrogens is 3. The minimum absolute atomic E-state index is 0.0417. The molecule has 18 heavy (non-hydrogen) atoms. The minimum Gasteiger partial charge on any atom is -0.435 e. The third-order valence-corrected chi connectivity index (χ3v) is 2.13. The van der Waals surface area contributed by atoms with Crippen LogP contribution in [0, 0.1) is 0 Å². The van der Waals surface area contributed by atoms with Gasteiger partial charge in [-0.3, -0.25) is 0 Å². The summed E-state index contributed by atoms with van der Waals surface area (Å²) in [5.41, 5.74) is 5.51. The molecule has 2 heterocycles. The molecule has 9 heteroatoms. The molecule has 0 aliphatic rings. The first-order chi connectivity index (χ1) is 8.47. The summed E-state index contributed by atoms with van der Waals surface area (Å²) < 4.78 is 41.3. The smallest absolute Gasteiger partial charge is 0.304 e. The maximum Gasteiger partial charge on any atom is 0.304 e. The van der Waals surface area contributed by atoms with Gasteiger partial charge >= 0.3 is 6.43 Å². The van der Waals surface area contributed by atoms with Gasteiger partial charge < -0.3 is 10.5 Å². The molecule has 2 N–H and O–H groups in total. The van der Waals surface area contributed by atoms with E-state index < -0.39 is 18.7 Å².